The second-order valence-corrected chi connectivity index (χ2v) is 3.54. The average Bonchev–Trinajstić information content (AvgIpc) is 2.26. The van der Waals surface area contributed by atoms with E-state index in [0.29, 0.717) is 26.4 Å². The van der Waals surface area contributed by atoms with Crippen LogP contribution in [-0.2, 0) is 14.2 Å². The van der Waals surface area contributed by atoms with Crippen LogP contribution in [0, 0.1) is 0 Å². The van der Waals surface area contributed by atoms with E-state index in [0.717, 1.165) is 26.1 Å². The first-order chi connectivity index (χ1) is 7.41. The van der Waals surface area contributed by atoms with E-state index in [4.69, 9.17) is 14.2 Å². The molecule has 0 aliphatic carbocycles. The van der Waals surface area contributed by atoms with Crippen LogP contribution in [0.5, 0.6) is 0 Å². The normalized spacial score (nSPS) is 10.1. The largest absolute Gasteiger partial charge is 0.379 e. The van der Waals surface area contributed by atoms with Crippen molar-refractivity contribution in [3.63, 3.8) is 0 Å². The van der Waals surface area contributed by atoms with Gasteiger partial charge in [-0.2, -0.15) is 0 Å². The van der Waals surface area contributed by atoms with Crippen LogP contribution in [-0.4, -0.2) is 69.2 Å². The van der Waals surface area contributed by atoms with E-state index in [-0.39, 0.29) is 29.6 Å². The fraction of sp³-hybridized carbons (Fsp3) is 1.00. The van der Waals surface area contributed by atoms with Crippen LogP contribution in [0.2, 0.25) is 0 Å². The Labute approximate surface area is 123 Å². The van der Waals surface area contributed by atoms with Crippen LogP contribution >= 0.6 is 0 Å². The summed E-state index contributed by atoms with van der Waals surface area (Å²) in [7, 11) is 0. The first-order valence-corrected chi connectivity index (χ1v) is 6.15. The fourth-order valence-corrected chi connectivity index (χ4v) is 1.03. The molecule has 0 heterocycles. The van der Waals surface area contributed by atoms with Gasteiger partial charge >= 0.3 is 0 Å². The minimum absolute atomic E-state index is 0. The first kappa shape index (κ1) is 19.2. The monoisotopic (exact) mass is 241 g/mol. The van der Waals surface area contributed by atoms with Crippen molar-refractivity contribution in [3.8, 4) is 0 Å². The van der Waals surface area contributed by atoms with Crippen molar-refractivity contribution in [1.29, 1.82) is 0 Å². The predicted molar refractivity (Wildman–Crippen MR) is 68.0 cm³/mol. The molecule has 0 aromatic rings. The molecule has 0 aromatic heterocycles. The maximum absolute atomic E-state index is 5.35. The maximum atomic E-state index is 5.35. The summed E-state index contributed by atoms with van der Waals surface area (Å²) >= 11 is 0. The molecule has 0 aliphatic rings. The van der Waals surface area contributed by atoms with E-state index >= 15 is 0 Å². The maximum Gasteiger partial charge on any atom is 0.0701 e. The van der Waals surface area contributed by atoms with E-state index in [9.17, 15) is 0 Å². The molecule has 4 heteroatoms. The van der Waals surface area contributed by atoms with Crippen LogP contribution in [0.3, 0.4) is 0 Å². The van der Waals surface area contributed by atoms with Crippen LogP contribution in [0.15, 0.2) is 0 Å². The van der Waals surface area contributed by atoms with Crippen LogP contribution in [0.4, 0.5) is 0 Å². The number of hydrogen-bond donors (Lipinski definition) is 0. The zero-order chi connectivity index (χ0) is 11.2. The van der Waals surface area contributed by atoms with Crippen molar-refractivity contribution in [2.75, 3.05) is 39.6 Å². The van der Waals surface area contributed by atoms with Crippen molar-refractivity contribution < 1.29 is 14.2 Å². The van der Waals surface area contributed by atoms with Crippen molar-refractivity contribution in [2.24, 2.45) is 0 Å². The standard InChI is InChI=1S/C12H26O3.Na/c1-3-5-7-13-9-11-15-12-10-14-8-6-4-2;/h3-12H2,1-2H3;. The minimum Gasteiger partial charge on any atom is -0.379 e. The number of rotatable bonds is 12. The molecule has 0 aliphatic heterocycles. The summed E-state index contributed by atoms with van der Waals surface area (Å²) in [6.07, 6.45) is 4.65. The predicted octanol–water partition coefficient (Wildman–Crippen LogP) is 2.26. The van der Waals surface area contributed by atoms with Gasteiger partial charge in [-0.05, 0) is 12.8 Å². The molecule has 0 unspecified atom stereocenters. The van der Waals surface area contributed by atoms with Gasteiger partial charge in [0, 0.05) is 42.8 Å². The van der Waals surface area contributed by atoms with Gasteiger partial charge in [0.05, 0.1) is 26.4 Å². The van der Waals surface area contributed by atoms with Crippen molar-refractivity contribution in [3.05, 3.63) is 0 Å². The van der Waals surface area contributed by atoms with E-state index < -0.39 is 0 Å². The quantitative estimate of drug-likeness (QED) is 0.387. The van der Waals surface area contributed by atoms with E-state index in [2.05, 4.69) is 13.8 Å². The van der Waals surface area contributed by atoms with Crippen LogP contribution < -0.4 is 0 Å². The Kier molecular flexibility index (Phi) is 21.9. The van der Waals surface area contributed by atoms with Crippen molar-refractivity contribution in [1.82, 2.24) is 0 Å². The first-order valence-electron chi connectivity index (χ1n) is 6.15. The third kappa shape index (κ3) is 17.3. The Balaban J connectivity index is 0. The van der Waals surface area contributed by atoms with Gasteiger partial charge in [0.25, 0.3) is 0 Å². The van der Waals surface area contributed by atoms with Gasteiger partial charge in [0.1, 0.15) is 0 Å². The van der Waals surface area contributed by atoms with Gasteiger partial charge in [-0.25, -0.2) is 0 Å². The molecular weight excluding hydrogens is 215 g/mol. The molecule has 0 atom stereocenters. The summed E-state index contributed by atoms with van der Waals surface area (Å²) in [4.78, 5) is 0. The topological polar surface area (TPSA) is 27.7 Å². The van der Waals surface area contributed by atoms with Gasteiger partial charge < -0.3 is 14.2 Å². The molecule has 0 saturated heterocycles. The Bertz CT molecular complexity index is 100. The molecule has 93 valence electrons. The molecule has 0 N–H and O–H groups in total. The Morgan fingerprint density at radius 3 is 1.19 bits per heavy atom. The van der Waals surface area contributed by atoms with Gasteiger partial charge in [-0.1, -0.05) is 26.7 Å². The number of ether oxygens (including phenoxy) is 3. The van der Waals surface area contributed by atoms with Crippen LogP contribution in [0.1, 0.15) is 39.5 Å². The van der Waals surface area contributed by atoms with Gasteiger partial charge in [-0.3, -0.25) is 0 Å². The zero-order valence-electron chi connectivity index (χ0n) is 11.3. The van der Waals surface area contributed by atoms with E-state index in [1.54, 1.807) is 0 Å². The third-order valence-corrected chi connectivity index (χ3v) is 2.03. The zero-order valence-corrected chi connectivity index (χ0v) is 13.3. The average molecular weight is 241 g/mol. The van der Waals surface area contributed by atoms with Crippen LogP contribution in [0.25, 0.3) is 0 Å². The molecule has 0 saturated carbocycles. The molecule has 0 rings (SSSR count). The molecule has 0 fully saturated rings. The summed E-state index contributed by atoms with van der Waals surface area (Å²) in [5.74, 6) is 0. The third-order valence-electron chi connectivity index (χ3n) is 2.03. The SMILES string of the molecule is CCCCOCCOCCOCCCC.[Na]. The number of unbranched alkanes of at least 4 members (excludes halogenated alkanes) is 2. The second-order valence-electron chi connectivity index (χ2n) is 3.54. The Morgan fingerprint density at radius 2 is 0.875 bits per heavy atom. The molecule has 0 aromatic carbocycles. The van der Waals surface area contributed by atoms with Gasteiger partial charge in [0.2, 0.25) is 0 Å². The fourth-order valence-electron chi connectivity index (χ4n) is 1.03. The smallest absolute Gasteiger partial charge is 0.0701 e. The molecule has 0 amide bonds. The Morgan fingerprint density at radius 1 is 0.562 bits per heavy atom. The van der Waals surface area contributed by atoms with E-state index in [1.807, 2.05) is 0 Å². The van der Waals surface area contributed by atoms with Gasteiger partial charge in [-0.15, -0.1) is 0 Å². The van der Waals surface area contributed by atoms with Crippen molar-refractivity contribution in [2.45, 2.75) is 39.5 Å². The Hall–Kier alpha value is 0.880. The summed E-state index contributed by atoms with van der Waals surface area (Å²) in [5.41, 5.74) is 0. The minimum atomic E-state index is 0. The molecule has 3 nitrogen and oxygen atoms in total. The number of hydrogen-bond acceptors (Lipinski definition) is 3. The molecule has 0 spiro atoms. The summed E-state index contributed by atoms with van der Waals surface area (Å²) in [6, 6.07) is 0. The summed E-state index contributed by atoms with van der Waals surface area (Å²) in [6.45, 7) is 8.80. The summed E-state index contributed by atoms with van der Waals surface area (Å²) in [5, 5.41) is 0. The van der Waals surface area contributed by atoms with Crippen molar-refractivity contribution >= 4 is 29.6 Å². The molecule has 0 bridgehead atoms. The van der Waals surface area contributed by atoms with E-state index in [1.165, 1.54) is 12.8 Å². The van der Waals surface area contributed by atoms with Gasteiger partial charge in [0.15, 0.2) is 0 Å². The summed E-state index contributed by atoms with van der Waals surface area (Å²) < 4.78 is 16.1. The second kappa shape index (κ2) is 18.3. The molecular formula is C12H26NaO3. The molecule has 16 heavy (non-hydrogen) atoms. The molecule has 1 radical (unpaired) electrons.